The van der Waals surface area contributed by atoms with Crippen molar-refractivity contribution < 1.29 is 4.79 Å². The van der Waals surface area contributed by atoms with Crippen molar-refractivity contribution in [3.63, 3.8) is 0 Å². The predicted molar refractivity (Wildman–Crippen MR) is 108 cm³/mol. The number of nitrogens with one attached hydrogen (secondary N) is 1. The maximum absolute atomic E-state index is 12.9. The molecule has 1 fully saturated rings. The second-order valence-electron chi connectivity index (χ2n) is 6.70. The summed E-state index contributed by atoms with van der Waals surface area (Å²) in [4.78, 5) is 32.0. The summed E-state index contributed by atoms with van der Waals surface area (Å²) in [5.74, 6) is 0.256. The van der Waals surface area contributed by atoms with E-state index in [-0.39, 0.29) is 23.3 Å². The number of carbonyl (C=O) groups excluding carboxylic acids is 1. The minimum absolute atomic E-state index is 0.00836. The molecule has 0 aliphatic carbocycles. The second-order valence-corrected chi connectivity index (χ2v) is 8.56. The summed E-state index contributed by atoms with van der Waals surface area (Å²) in [7, 11) is 0. The van der Waals surface area contributed by atoms with Crippen molar-refractivity contribution in [3.05, 3.63) is 21.8 Å². The molecule has 0 spiro atoms. The highest BCUT2D eigenvalue weighted by atomic mass is 32.2. The van der Waals surface area contributed by atoms with E-state index in [1.54, 1.807) is 4.57 Å². The molecule has 1 N–H and O–H groups in total. The van der Waals surface area contributed by atoms with E-state index in [0.717, 1.165) is 31.6 Å². The molecule has 1 unspecified atom stereocenters. The molecule has 1 aliphatic rings. The topological polar surface area (TPSA) is 67.2 Å². The van der Waals surface area contributed by atoms with Gasteiger partial charge < -0.3 is 10.2 Å². The summed E-state index contributed by atoms with van der Waals surface area (Å²) in [6.07, 6.45) is 3.36. The van der Waals surface area contributed by atoms with E-state index >= 15 is 0 Å². The number of carbonyl (C=O) groups is 1. The first kappa shape index (κ1) is 19.4. The Morgan fingerprint density at radius 3 is 2.88 bits per heavy atom. The highest BCUT2D eigenvalue weighted by Gasteiger charge is 2.17. The number of fused-ring (bicyclic) bond motifs is 1. The van der Waals surface area contributed by atoms with E-state index in [2.05, 4.69) is 15.2 Å². The monoisotopic (exact) mass is 394 g/mol. The lowest BCUT2D eigenvalue weighted by molar-refractivity contribution is -0.119. The van der Waals surface area contributed by atoms with Gasteiger partial charge in [0, 0.05) is 19.1 Å². The van der Waals surface area contributed by atoms with Crippen molar-refractivity contribution in [3.8, 4) is 0 Å². The van der Waals surface area contributed by atoms with Crippen LogP contribution in [0.2, 0.25) is 0 Å². The molecule has 0 saturated carbocycles. The number of thioether (sulfide) groups is 1. The highest BCUT2D eigenvalue weighted by molar-refractivity contribution is 7.99. The van der Waals surface area contributed by atoms with Crippen LogP contribution in [0.1, 0.15) is 33.1 Å². The zero-order chi connectivity index (χ0) is 18.5. The van der Waals surface area contributed by atoms with E-state index < -0.39 is 0 Å². The largest absolute Gasteiger partial charge is 0.353 e. The average Bonchev–Trinajstić information content (AvgIpc) is 3.30. The maximum atomic E-state index is 12.9. The lowest BCUT2D eigenvalue weighted by atomic mass is 10.3. The van der Waals surface area contributed by atoms with Crippen LogP contribution in [0.3, 0.4) is 0 Å². The third-order valence-corrected chi connectivity index (χ3v) is 6.59. The van der Waals surface area contributed by atoms with Gasteiger partial charge in [0.05, 0.1) is 11.3 Å². The first-order valence-corrected chi connectivity index (χ1v) is 11.1. The fourth-order valence-electron chi connectivity index (χ4n) is 3.03. The van der Waals surface area contributed by atoms with Gasteiger partial charge in [-0.15, -0.1) is 11.3 Å². The zero-order valence-electron chi connectivity index (χ0n) is 15.4. The van der Waals surface area contributed by atoms with Crippen LogP contribution in [0.25, 0.3) is 10.2 Å². The molecule has 8 heteroatoms. The summed E-state index contributed by atoms with van der Waals surface area (Å²) in [6, 6.07) is 2.03. The number of rotatable bonds is 8. The Bertz CT molecular complexity index is 811. The van der Waals surface area contributed by atoms with E-state index in [0.29, 0.717) is 16.4 Å². The number of nitrogens with zero attached hydrogens (tertiary/aromatic N) is 3. The molecule has 1 saturated heterocycles. The fraction of sp³-hybridized carbons (Fsp3) is 0.611. The SMILES string of the molecule is CCC(C)NC(=O)CSc1nc2ccsc2c(=O)n1CCN1CCCC1. The molecule has 1 amide bonds. The van der Waals surface area contributed by atoms with Crippen LogP contribution < -0.4 is 10.9 Å². The molecule has 26 heavy (non-hydrogen) atoms. The zero-order valence-corrected chi connectivity index (χ0v) is 17.0. The van der Waals surface area contributed by atoms with Gasteiger partial charge in [0.25, 0.3) is 5.56 Å². The van der Waals surface area contributed by atoms with Crippen molar-refractivity contribution >= 4 is 39.2 Å². The molecule has 3 rings (SSSR count). The minimum atomic E-state index is -0.0184. The minimum Gasteiger partial charge on any atom is -0.353 e. The van der Waals surface area contributed by atoms with Gasteiger partial charge >= 0.3 is 0 Å². The molecule has 6 nitrogen and oxygen atoms in total. The van der Waals surface area contributed by atoms with Gasteiger partial charge in [-0.2, -0.15) is 0 Å². The van der Waals surface area contributed by atoms with Crippen LogP contribution in [0.5, 0.6) is 0 Å². The van der Waals surface area contributed by atoms with E-state index in [4.69, 9.17) is 0 Å². The molecular formula is C18H26N4O2S2. The highest BCUT2D eigenvalue weighted by Crippen LogP contribution is 2.21. The molecule has 1 atom stereocenters. The Kier molecular flexibility index (Phi) is 6.72. The molecule has 2 aromatic rings. The number of thiophene rings is 1. The normalized spacial score (nSPS) is 16.2. The average molecular weight is 395 g/mol. The number of hydrogen-bond donors (Lipinski definition) is 1. The van der Waals surface area contributed by atoms with Crippen molar-refractivity contribution in [2.75, 3.05) is 25.4 Å². The van der Waals surface area contributed by atoms with Crippen molar-refractivity contribution in [1.82, 2.24) is 19.8 Å². The molecule has 0 bridgehead atoms. The summed E-state index contributed by atoms with van der Waals surface area (Å²) in [5.41, 5.74) is 0.733. The van der Waals surface area contributed by atoms with Crippen molar-refractivity contribution in [2.24, 2.45) is 0 Å². The smallest absolute Gasteiger partial charge is 0.272 e. The number of amides is 1. The summed E-state index contributed by atoms with van der Waals surface area (Å²) >= 11 is 2.78. The number of hydrogen-bond acceptors (Lipinski definition) is 6. The molecule has 1 aliphatic heterocycles. The molecule has 0 radical (unpaired) electrons. The van der Waals surface area contributed by atoms with Crippen LogP contribution >= 0.6 is 23.1 Å². The maximum Gasteiger partial charge on any atom is 0.272 e. The van der Waals surface area contributed by atoms with Crippen molar-refractivity contribution in [1.29, 1.82) is 0 Å². The van der Waals surface area contributed by atoms with Crippen LogP contribution in [0.15, 0.2) is 21.4 Å². The van der Waals surface area contributed by atoms with Gasteiger partial charge in [-0.25, -0.2) is 4.98 Å². The molecular weight excluding hydrogens is 368 g/mol. The van der Waals surface area contributed by atoms with Crippen LogP contribution in [0.4, 0.5) is 0 Å². The van der Waals surface area contributed by atoms with E-state index in [1.807, 2.05) is 25.3 Å². The molecule has 0 aromatic carbocycles. The predicted octanol–water partition coefficient (Wildman–Crippen LogP) is 2.56. The van der Waals surface area contributed by atoms with E-state index in [1.165, 1.54) is 35.9 Å². The Hall–Kier alpha value is -1.38. The lowest BCUT2D eigenvalue weighted by Crippen LogP contribution is -2.34. The quantitative estimate of drug-likeness (QED) is 0.551. The number of aromatic nitrogens is 2. The molecule has 142 valence electrons. The molecule has 3 heterocycles. The Labute approximate surface area is 162 Å². The Morgan fingerprint density at radius 2 is 2.15 bits per heavy atom. The molecule has 2 aromatic heterocycles. The van der Waals surface area contributed by atoms with Crippen LogP contribution in [0, 0.1) is 0 Å². The van der Waals surface area contributed by atoms with Crippen LogP contribution in [-0.2, 0) is 11.3 Å². The summed E-state index contributed by atoms with van der Waals surface area (Å²) in [5, 5.41) is 5.50. The first-order chi connectivity index (χ1) is 12.6. The van der Waals surface area contributed by atoms with Crippen LogP contribution in [-0.4, -0.2) is 51.8 Å². The Balaban J connectivity index is 1.76. The number of likely N-dealkylation sites (tertiary alicyclic amines) is 1. The Morgan fingerprint density at radius 1 is 1.38 bits per heavy atom. The van der Waals surface area contributed by atoms with Gasteiger partial charge in [0.15, 0.2) is 5.16 Å². The van der Waals surface area contributed by atoms with Crippen molar-refractivity contribution in [2.45, 2.75) is 50.9 Å². The van der Waals surface area contributed by atoms with Gasteiger partial charge in [-0.1, -0.05) is 18.7 Å². The standard InChI is InChI=1S/C18H26N4O2S2/c1-3-13(2)19-15(23)12-26-18-20-14-6-11-25-16(14)17(24)22(18)10-9-21-7-4-5-8-21/h6,11,13H,3-5,7-10,12H2,1-2H3,(H,19,23). The summed E-state index contributed by atoms with van der Waals surface area (Å²) < 4.78 is 2.44. The van der Waals surface area contributed by atoms with Gasteiger partial charge in [-0.05, 0) is 50.7 Å². The lowest BCUT2D eigenvalue weighted by Gasteiger charge is -2.17. The summed E-state index contributed by atoms with van der Waals surface area (Å²) in [6.45, 7) is 7.71. The van der Waals surface area contributed by atoms with Gasteiger partial charge in [0.1, 0.15) is 4.70 Å². The third-order valence-electron chi connectivity index (χ3n) is 4.72. The third kappa shape index (κ3) is 4.66. The van der Waals surface area contributed by atoms with Gasteiger partial charge in [-0.3, -0.25) is 14.2 Å². The van der Waals surface area contributed by atoms with E-state index in [9.17, 15) is 9.59 Å². The fourth-order valence-corrected chi connectivity index (χ4v) is 4.64. The first-order valence-electron chi connectivity index (χ1n) is 9.21. The second kappa shape index (κ2) is 9.01. The van der Waals surface area contributed by atoms with Gasteiger partial charge in [0.2, 0.25) is 5.91 Å².